The fourth-order valence-electron chi connectivity index (χ4n) is 3.74. The summed E-state index contributed by atoms with van der Waals surface area (Å²) in [6, 6.07) is 16.9. The smallest absolute Gasteiger partial charge is 0.118 e. The molecule has 1 N–H and O–H groups in total. The molecule has 2 aliphatic heterocycles. The van der Waals surface area contributed by atoms with E-state index in [-0.39, 0.29) is 11.7 Å². The van der Waals surface area contributed by atoms with E-state index in [1.807, 2.05) is 12.1 Å². The van der Waals surface area contributed by atoms with Gasteiger partial charge in [-0.1, -0.05) is 36.4 Å². The summed E-state index contributed by atoms with van der Waals surface area (Å²) in [6.07, 6.45) is 2.10. The summed E-state index contributed by atoms with van der Waals surface area (Å²) in [5.74, 6) is 0.881. The third kappa shape index (κ3) is 2.13. The lowest BCUT2D eigenvalue weighted by Gasteiger charge is -2.34. The highest BCUT2D eigenvalue weighted by molar-refractivity contribution is 5.44. The second-order valence-corrected chi connectivity index (χ2v) is 6.10. The maximum Gasteiger partial charge on any atom is 0.118 e. The van der Waals surface area contributed by atoms with Gasteiger partial charge in [-0.25, -0.2) is 0 Å². The maximum absolute atomic E-state index is 6.64. The Hall–Kier alpha value is -1.84. The van der Waals surface area contributed by atoms with Crippen molar-refractivity contribution >= 4 is 0 Å². The Morgan fingerprint density at radius 3 is 2.50 bits per heavy atom. The summed E-state index contributed by atoms with van der Waals surface area (Å²) in [5.41, 5.74) is 3.77. The molecule has 4 rings (SSSR count). The first-order valence-electron chi connectivity index (χ1n) is 7.94. The molecule has 2 aliphatic rings. The van der Waals surface area contributed by atoms with E-state index in [1.54, 1.807) is 7.11 Å². The van der Waals surface area contributed by atoms with Gasteiger partial charge in [0.25, 0.3) is 0 Å². The zero-order chi connectivity index (χ0) is 15.0. The third-order valence-electron chi connectivity index (χ3n) is 4.91. The van der Waals surface area contributed by atoms with Crippen LogP contribution in [0.3, 0.4) is 0 Å². The maximum atomic E-state index is 6.64. The lowest BCUT2D eigenvalue weighted by molar-refractivity contribution is -0.0798. The lowest BCUT2D eigenvalue weighted by atomic mass is 9.84. The third-order valence-corrected chi connectivity index (χ3v) is 4.91. The monoisotopic (exact) mass is 295 g/mol. The molecule has 1 spiro atoms. The van der Waals surface area contributed by atoms with E-state index >= 15 is 0 Å². The van der Waals surface area contributed by atoms with E-state index in [4.69, 9.17) is 9.47 Å². The normalized spacial score (nSPS) is 22.5. The van der Waals surface area contributed by atoms with Crippen LogP contribution in [0.2, 0.25) is 0 Å². The van der Waals surface area contributed by atoms with Crippen LogP contribution >= 0.6 is 0 Å². The molecule has 0 radical (unpaired) electrons. The molecule has 0 bridgehead atoms. The second-order valence-electron chi connectivity index (χ2n) is 6.10. The first kappa shape index (κ1) is 13.8. The molecule has 22 heavy (non-hydrogen) atoms. The number of hydrogen-bond donors (Lipinski definition) is 1. The van der Waals surface area contributed by atoms with Crippen molar-refractivity contribution in [1.82, 2.24) is 5.32 Å². The average molecular weight is 295 g/mol. The second kappa shape index (κ2) is 5.41. The molecule has 0 saturated carbocycles. The van der Waals surface area contributed by atoms with E-state index in [0.717, 1.165) is 31.7 Å². The van der Waals surface area contributed by atoms with Gasteiger partial charge in [-0.2, -0.15) is 0 Å². The zero-order valence-corrected chi connectivity index (χ0v) is 12.8. The molecule has 1 atom stereocenters. The number of piperidine rings is 1. The zero-order valence-electron chi connectivity index (χ0n) is 12.8. The molecule has 2 heterocycles. The minimum Gasteiger partial charge on any atom is -0.497 e. The summed E-state index contributed by atoms with van der Waals surface area (Å²) in [7, 11) is 1.69. The Balaban J connectivity index is 1.75. The van der Waals surface area contributed by atoms with Crippen LogP contribution in [0.25, 0.3) is 0 Å². The molecule has 3 heteroatoms. The number of nitrogens with one attached hydrogen (secondary N) is 1. The number of fused-ring (bicyclic) bond motifs is 2. The van der Waals surface area contributed by atoms with E-state index in [1.165, 1.54) is 16.7 Å². The molecule has 114 valence electrons. The largest absolute Gasteiger partial charge is 0.497 e. The molecule has 1 fully saturated rings. The Kier molecular flexibility index (Phi) is 3.40. The molecular weight excluding hydrogens is 274 g/mol. The Labute approximate surface area is 131 Å². The van der Waals surface area contributed by atoms with Crippen LogP contribution in [-0.4, -0.2) is 20.2 Å². The van der Waals surface area contributed by atoms with E-state index in [0.29, 0.717) is 0 Å². The van der Waals surface area contributed by atoms with Gasteiger partial charge in [0.05, 0.1) is 12.7 Å². The van der Waals surface area contributed by atoms with Crippen molar-refractivity contribution in [3.63, 3.8) is 0 Å². The van der Waals surface area contributed by atoms with Gasteiger partial charge in [-0.15, -0.1) is 0 Å². The standard InChI is InChI=1S/C19H21NO2/c1-21-15-8-6-14(7-9-15)18-16-4-2-3-5-17(16)19(22-18)10-12-20-13-11-19/h2-9,18,20H,10-13H2,1H3/t18-/m0/s1. The van der Waals surface area contributed by atoms with Gasteiger partial charge < -0.3 is 14.8 Å². The summed E-state index contributed by atoms with van der Waals surface area (Å²) in [4.78, 5) is 0. The highest BCUT2D eigenvalue weighted by Gasteiger charge is 2.45. The predicted octanol–water partition coefficient (Wildman–Crippen LogP) is 3.39. The van der Waals surface area contributed by atoms with E-state index in [2.05, 4.69) is 41.7 Å². The molecule has 3 nitrogen and oxygen atoms in total. The molecule has 2 aromatic rings. The van der Waals surface area contributed by atoms with Crippen LogP contribution in [0.5, 0.6) is 5.75 Å². The highest BCUT2D eigenvalue weighted by Crippen LogP contribution is 2.50. The average Bonchev–Trinajstić information content (AvgIpc) is 2.90. The Morgan fingerprint density at radius 2 is 1.77 bits per heavy atom. The van der Waals surface area contributed by atoms with Crippen LogP contribution in [0, 0.1) is 0 Å². The van der Waals surface area contributed by atoms with Gasteiger partial charge in [0, 0.05) is 0 Å². The lowest BCUT2D eigenvalue weighted by Crippen LogP contribution is -2.39. The van der Waals surface area contributed by atoms with Gasteiger partial charge in [-0.3, -0.25) is 0 Å². The van der Waals surface area contributed by atoms with Crippen LogP contribution in [-0.2, 0) is 10.3 Å². The molecule has 0 aliphatic carbocycles. The summed E-state index contributed by atoms with van der Waals surface area (Å²) >= 11 is 0. The number of benzene rings is 2. The Morgan fingerprint density at radius 1 is 1.05 bits per heavy atom. The van der Waals surface area contributed by atoms with Gasteiger partial charge in [0.15, 0.2) is 0 Å². The minimum absolute atomic E-state index is 0.0280. The van der Waals surface area contributed by atoms with Crippen molar-refractivity contribution in [2.75, 3.05) is 20.2 Å². The van der Waals surface area contributed by atoms with Crippen LogP contribution < -0.4 is 10.1 Å². The fraction of sp³-hybridized carbons (Fsp3) is 0.368. The first-order valence-corrected chi connectivity index (χ1v) is 7.94. The molecular formula is C19H21NO2. The molecule has 2 aromatic carbocycles. The summed E-state index contributed by atoms with van der Waals surface area (Å²) < 4.78 is 11.9. The van der Waals surface area contributed by atoms with Crippen molar-refractivity contribution in [3.8, 4) is 5.75 Å². The van der Waals surface area contributed by atoms with Gasteiger partial charge in [0.2, 0.25) is 0 Å². The van der Waals surface area contributed by atoms with Crippen LogP contribution in [0.15, 0.2) is 48.5 Å². The number of methoxy groups -OCH3 is 1. The first-order chi connectivity index (χ1) is 10.8. The SMILES string of the molecule is COc1ccc([C@@H]2OC3(CCNCC3)c3ccccc32)cc1. The molecule has 0 aromatic heterocycles. The molecule has 0 amide bonds. The van der Waals surface area contributed by atoms with Crippen LogP contribution in [0.1, 0.15) is 35.6 Å². The summed E-state index contributed by atoms with van der Waals surface area (Å²) in [5, 5.41) is 3.44. The number of hydrogen-bond acceptors (Lipinski definition) is 3. The topological polar surface area (TPSA) is 30.5 Å². The molecule has 0 unspecified atom stereocenters. The highest BCUT2D eigenvalue weighted by atomic mass is 16.5. The van der Waals surface area contributed by atoms with E-state index < -0.39 is 0 Å². The summed E-state index contributed by atoms with van der Waals surface area (Å²) in [6.45, 7) is 2.04. The number of rotatable bonds is 2. The van der Waals surface area contributed by atoms with Crippen LogP contribution in [0.4, 0.5) is 0 Å². The van der Waals surface area contributed by atoms with Crippen molar-refractivity contribution in [1.29, 1.82) is 0 Å². The van der Waals surface area contributed by atoms with Crippen molar-refractivity contribution in [2.45, 2.75) is 24.5 Å². The van der Waals surface area contributed by atoms with Crippen molar-refractivity contribution < 1.29 is 9.47 Å². The van der Waals surface area contributed by atoms with Crippen molar-refractivity contribution in [3.05, 3.63) is 65.2 Å². The fourth-order valence-corrected chi connectivity index (χ4v) is 3.74. The molecule has 1 saturated heterocycles. The van der Waals surface area contributed by atoms with Crippen molar-refractivity contribution in [2.24, 2.45) is 0 Å². The van der Waals surface area contributed by atoms with E-state index in [9.17, 15) is 0 Å². The Bertz CT molecular complexity index is 659. The van der Waals surface area contributed by atoms with Gasteiger partial charge in [-0.05, 0) is 54.8 Å². The minimum atomic E-state index is -0.119. The van der Waals surface area contributed by atoms with Gasteiger partial charge >= 0.3 is 0 Å². The van der Waals surface area contributed by atoms with Gasteiger partial charge in [0.1, 0.15) is 11.9 Å². The quantitative estimate of drug-likeness (QED) is 0.921. The predicted molar refractivity (Wildman–Crippen MR) is 86.1 cm³/mol. The number of ether oxygens (including phenoxy) is 2.